The molecule has 7 rings (SSSR count). The van der Waals surface area contributed by atoms with Gasteiger partial charge in [-0.05, 0) is 54.3 Å². The van der Waals surface area contributed by atoms with Crippen LogP contribution in [-0.4, -0.2) is 63.2 Å². The summed E-state index contributed by atoms with van der Waals surface area (Å²) in [6.07, 6.45) is 2.09. The zero-order chi connectivity index (χ0) is 28.2. The molecule has 0 bridgehead atoms. The molecular weight excluding hydrogens is 579 g/mol. The van der Waals surface area contributed by atoms with Crippen molar-refractivity contribution in [3.05, 3.63) is 104 Å². The topological polar surface area (TPSA) is 59.7 Å². The summed E-state index contributed by atoms with van der Waals surface area (Å²) in [7, 11) is 0. The highest BCUT2D eigenvalue weighted by atomic mass is 35.5. The van der Waals surface area contributed by atoms with Crippen LogP contribution < -0.4 is 0 Å². The highest BCUT2D eigenvalue weighted by Gasteiger charge is 2.49. The molecule has 0 unspecified atom stereocenters. The van der Waals surface area contributed by atoms with Crippen molar-refractivity contribution in [2.45, 2.75) is 43.9 Å². The van der Waals surface area contributed by atoms with Crippen LogP contribution in [0.15, 0.2) is 66.7 Å². The molecule has 2 amide bonds. The van der Waals surface area contributed by atoms with Gasteiger partial charge >= 0.3 is 0 Å². The summed E-state index contributed by atoms with van der Waals surface area (Å²) in [5.74, 6) is 0.0104. The van der Waals surface area contributed by atoms with Gasteiger partial charge in [0, 0.05) is 69.3 Å². The molecule has 4 heterocycles. The van der Waals surface area contributed by atoms with Gasteiger partial charge in [-0.3, -0.25) is 14.5 Å². The quantitative estimate of drug-likeness (QED) is 0.289. The zero-order valence-corrected chi connectivity index (χ0v) is 24.6. The number of aromatic nitrogens is 1. The Hall–Kier alpha value is -3.03. The first kappa shape index (κ1) is 26.8. The van der Waals surface area contributed by atoms with E-state index in [0.29, 0.717) is 28.0 Å². The molecule has 1 aromatic heterocycles. The van der Waals surface area contributed by atoms with Gasteiger partial charge in [-0.15, -0.1) is 0 Å². The lowest BCUT2D eigenvalue weighted by atomic mass is 9.85. The summed E-state index contributed by atoms with van der Waals surface area (Å²) in [6.45, 7) is 2.37. The van der Waals surface area contributed by atoms with Crippen LogP contribution in [0, 0.1) is 0 Å². The van der Waals surface area contributed by atoms with Crippen molar-refractivity contribution < 1.29 is 9.59 Å². The lowest BCUT2D eigenvalue weighted by Gasteiger charge is -2.49. The maximum Gasteiger partial charge on any atom is 0.246 e. The molecule has 0 spiro atoms. The van der Waals surface area contributed by atoms with E-state index >= 15 is 0 Å². The van der Waals surface area contributed by atoms with E-state index < -0.39 is 6.04 Å². The smallest absolute Gasteiger partial charge is 0.246 e. The van der Waals surface area contributed by atoms with Crippen molar-refractivity contribution >= 4 is 57.5 Å². The second-order valence-electron chi connectivity index (χ2n) is 11.2. The van der Waals surface area contributed by atoms with Crippen LogP contribution in [0.25, 0.3) is 10.9 Å². The Morgan fingerprint density at radius 2 is 1.56 bits per heavy atom. The Labute approximate surface area is 253 Å². The molecule has 6 nitrogen and oxygen atoms in total. The fraction of sp³-hybridized carbons (Fsp3) is 0.312. The van der Waals surface area contributed by atoms with Gasteiger partial charge in [0.05, 0.1) is 6.04 Å². The second kappa shape index (κ2) is 10.7. The van der Waals surface area contributed by atoms with Gasteiger partial charge in [0.2, 0.25) is 11.8 Å². The monoisotopic (exact) mass is 606 g/mol. The molecule has 3 aliphatic rings. The minimum atomic E-state index is -0.552. The van der Waals surface area contributed by atoms with Gasteiger partial charge in [-0.2, -0.15) is 0 Å². The predicted octanol–water partition coefficient (Wildman–Crippen LogP) is 6.48. The first-order valence-corrected chi connectivity index (χ1v) is 15.1. The lowest BCUT2D eigenvalue weighted by molar-refractivity contribution is -0.161. The Bertz CT molecular complexity index is 1620. The molecule has 210 valence electrons. The summed E-state index contributed by atoms with van der Waals surface area (Å²) in [6, 6.07) is 20.4. The minimum absolute atomic E-state index is 0.0184. The van der Waals surface area contributed by atoms with Crippen molar-refractivity contribution in [1.82, 2.24) is 19.7 Å². The van der Waals surface area contributed by atoms with Crippen LogP contribution in [-0.2, 0) is 22.6 Å². The van der Waals surface area contributed by atoms with Gasteiger partial charge in [-0.1, -0.05) is 71.2 Å². The molecule has 41 heavy (non-hydrogen) atoms. The number of carbonyl (C=O) groups is 2. The number of nitrogens with one attached hydrogen (secondary N) is 1. The lowest BCUT2D eigenvalue weighted by Crippen LogP contribution is -2.65. The Kier molecular flexibility index (Phi) is 6.98. The third kappa shape index (κ3) is 4.71. The number of rotatable bonds is 4. The van der Waals surface area contributed by atoms with Gasteiger partial charge < -0.3 is 14.8 Å². The first-order chi connectivity index (χ1) is 19.9. The first-order valence-electron chi connectivity index (χ1n) is 14.0. The average Bonchev–Trinajstić information content (AvgIpc) is 3.35. The van der Waals surface area contributed by atoms with Crippen LogP contribution in [0.5, 0.6) is 0 Å². The van der Waals surface area contributed by atoms with E-state index in [2.05, 4.69) is 16.0 Å². The van der Waals surface area contributed by atoms with E-state index in [0.717, 1.165) is 59.2 Å². The van der Waals surface area contributed by atoms with Gasteiger partial charge in [-0.25, -0.2) is 0 Å². The number of para-hydroxylation sites is 1. The summed E-state index contributed by atoms with van der Waals surface area (Å²) in [4.78, 5) is 37.7. The third-order valence-electron chi connectivity index (χ3n) is 8.92. The molecule has 0 saturated carbocycles. The van der Waals surface area contributed by atoms with E-state index in [4.69, 9.17) is 34.8 Å². The molecule has 2 saturated heterocycles. The van der Waals surface area contributed by atoms with Crippen molar-refractivity contribution in [2.24, 2.45) is 0 Å². The number of fused-ring (bicyclic) bond motifs is 4. The van der Waals surface area contributed by atoms with E-state index in [1.165, 1.54) is 0 Å². The third-order valence-corrected chi connectivity index (χ3v) is 9.88. The molecule has 2 fully saturated rings. The van der Waals surface area contributed by atoms with Crippen LogP contribution in [0.4, 0.5) is 0 Å². The SMILES string of the molecule is O=C1[C@H]2Cc3c([nH]c4ccccc34)[C@@H](c3ccc(Cl)cc3)N2C(=O)CN1C1CCN(Cc2c(Cl)cccc2Cl)CC1. The largest absolute Gasteiger partial charge is 0.356 e. The normalized spacial score (nSPS) is 21.8. The zero-order valence-electron chi connectivity index (χ0n) is 22.3. The van der Waals surface area contributed by atoms with Crippen molar-refractivity contribution in [3.8, 4) is 0 Å². The fourth-order valence-corrected chi connectivity index (χ4v) is 7.53. The number of piperidine rings is 1. The Balaban J connectivity index is 1.16. The molecule has 3 aliphatic heterocycles. The fourth-order valence-electron chi connectivity index (χ4n) is 6.88. The average molecular weight is 608 g/mol. The van der Waals surface area contributed by atoms with E-state index in [1.54, 1.807) is 0 Å². The number of piperazine rings is 1. The van der Waals surface area contributed by atoms with Gasteiger partial charge in [0.1, 0.15) is 12.6 Å². The van der Waals surface area contributed by atoms with E-state index in [9.17, 15) is 9.59 Å². The molecule has 2 atom stereocenters. The summed E-state index contributed by atoms with van der Waals surface area (Å²) in [5, 5.41) is 3.07. The van der Waals surface area contributed by atoms with Crippen molar-refractivity contribution in [2.75, 3.05) is 19.6 Å². The number of hydrogen-bond acceptors (Lipinski definition) is 3. The molecule has 4 aromatic rings. The van der Waals surface area contributed by atoms with Gasteiger partial charge in [0.25, 0.3) is 0 Å². The number of amides is 2. The van der Waals surface area contributed by atoms with E-state index in [-0.39, 0.29) is 30.4 Å². The standard InChI is InChI=1S/C32H29Cl3N4O2/c33-20-10-8-19(9-11-20)31-30-23(22-4-1-2-7-27(22)36-30)16-28-32(41)38(18-29(40)39(28)31)21-12-14-37(15-13-21)17-24-25(34)5-3-6-26(24)35/h1-11,21,28,31,36H,12-18H2/t28-,31-/m1/s1. The number of H-pyrrole nitrogens is 1. The van der Waals surface area contributed by atoms with Crippen LogP contribution in [0.3, 0.4) is 0 Å². The van der Waals surface area contributed by atoms with Crippen LogP contribution in [0.1, 0.15) is 41.3 Å². The Morgan fingerprint density at radius 1 is 0.854 bits per heavy atom. The number of aromatic amines is 1. The number of nitrogens with zero attached hydrogens (tertiary/aromatic N) is 3. The second-order valence-corrected chi connectivity index (χ2v) is 12.5. The summed E-state index contributed by atoms with van der Waals surface area (Å²) in [5.41, 5.74) is 4.97. The van der Waals surface area contributed by atoms with Crippen molar-refractivity contribution in [1.29, 1.82) is 0 Å². The molecule has 9 heteroatoms. The van der Waals surface area contributed by atoms with Crippen LogP contribution in [0.2, 0.25) is 15.1 Å². The summed E-state index contributed by atoms with van der Waals surface area (Å²) >= 11 is 19.0. The highest BCUT2D eigenvalue weighted by molar-refractivity contribution is 6.36. The number of benzene rings is 3. The minimum Gasteiger partial charge on any atom is -0.356 e. The number of hydrogen-bond donors (Lipinski definition) is 1. The molecule has 3 aromatic carbocycles. The van der Waals surface area contributed by atoms with Gasteiger partial charge in [0.15, 0.2) is 0 Å². The molecule has 1 N–H and O–H groups in total. The molecule has 0 aliphatic carbocycles. The number of halogens is 3. The maximum atomic E-state index is 14.2. The predicted molar refractivity (Wildman–Crippen MR) is 162 cm³/mol. The molecule has 0 radical (unpaired) electrons. The maximum absolute atomic E-state index is 14.2. The van der Waals surface area contributed by atoms with Crippen LogP contribution >= 0.6 is 34.8 Å². The Morgan fingerprint density at radius 3 is 2.29 bits per heavy atom. The number of carbonyl (C=O) groups excluding carboxylic acids is 2. The molecular formula is C32H29Cl3N4O2. The van der Waals surface area contributed by atoms with Crippen molar-refractivity contribution in [3.63, 3.8) is 0 Å². The van der Waals surface area contributed by atoms with E-state index in [1.807, 2.05) is 70.5 Å². The highest BCUT2D eigenvalue weighted by Crippen LogP contribution is 2.43. The number of likely N-dealkylation sites (tertiary alicyclic amines) is 1. The summed E-state index contributed by atoms with van der Waals surface area (Å²) < 4.78 is 0.